The minimum atomic E-state index is -0.285. The maximum absolute atomic E-state index is 13.0. The molecule has 1 amide bonds. The van der Waals surface area contributed by atoms with Crippen LogP contribution in [0.4, 0.5) is 0 Å². The third-order valence-corrected chi connectivity index (χ3v) is 5.51. The Morgan fingerprint density at radius 2 is 2.16 bits per heavy atom. The Labute approximate surface area is 187 Å². The van der Waals surface area contributed by atoms with Crippen LogP contribution in [0.1, 0.15) is 25.5 Å². The van der Waals surface area contributed by atoms with Crippen molar-refractivity contribution in [3.05, 3.63) is 57.7 Å². The van der Waals surface area contributed by atoms with E-state index in [2.05, 4.69) is 10.3 Å². The standard InChI is InChI=1S/C21H22ClN3O5S/c1-2-29-19(27)6-3-9-23-18(26)13-31-21-24-17-11-14(22)7-8-16(17)20(28)25(21)12-15-5-4-10-30-15/h4-5,7-8,10-11H,2-3,6,9,12-13H2,1H3,(H,23,26). The number of rotatable bonds is 10. The lowest BCUT2D eigenvalue weighted by Crippen LogP contribution is -2.28. The Morgan fingerprint density at radius 1 is 1.32 bits per heavy atom. The SMILES string of the molecule is CCOC(=O)CCCNC(=O)CSc1nc2cc(Cl)ccc2c(=O)n1Cc1ccco1. The number of nitrogens with one attached hydrogen (secondary N) is 1. The maximum atomic E-state index is 13.0. The average Bonchev–Trinajstić information content (AvgIpc) is 3.25. The fourth-order valence-corrected chi connectivity index (χ4v) is 3.85. The summed E-state index contributed by atoms with van der Waals surface area (Å²) in [5, 5.41) is 4.05. The highest BCUT2D eigenvalue weighted by Gasteiger charge is 2.15. The van der Waals surface area contributed by atoms with Crippen LogP contribution in [0, 0.1) is 0 Å². The number of carbonyl (C=O) groups is 2. The van der Waals surface area contributed by atoms with Crippen LogP contribution in [-0.2, 0) is 20.9 Å². The largest absolute Gasteiger partial charge is 0.467 e. The first-order chi connectivity index (χ1) is 15.0. The van der Waals surface area contributed by atoms with Crippen LogP contribution >= 0.6 is 23.4 Å². The Kier molecular flexibility index (Phi) is 8.13. The predicted octanol–water partition coefficient (Wildman–Crippen LogP) is 3.24. The van der Waals surface area contributed by atoms with Crippen LogP contribution in [0.3, 0.4) is 0 Å². The first-order valence-corrected chi connectivity index (χ1v) is 11.1. The predicted molar refractivity (Wildman–Crippen MR) is 118 cm³/mol. The summed E-state index contributed by atoms with van der Waals surface area (Å²) in [5.41, 5.74) is 0.223. The molecule has 0 saturated carbocycles. The zero-order valence-electron chi connectivity index (χ0n) is 16.9. The summed E-state index contributed by atoms with van der Waals surface area (Å²) in [4.78, 5) is 41.1. The third kappa shape index (κ3) is 6.35. The highest BCUT2D eigenvalue weighted by Crippen LogP contribution is 2.21. The molecular weight excluding hydrogens is 442 g/mol. The second-order valence-corrected chi connectivity index (χ2v) is 7.95. The Balaban J connectivity index is 1.70. The quantitative estimate of drug-likeness (QED) is 0.213. The molecule has 0 unspecified atom stereocenters. The van der Waals surface area contributed by atoms with Crippen molar-refractivity contribution in [2.75, 3.05) is 18.9 Å². The van der Waals surface area contributed by atoms with E-state index in [9.17, 15) is 14.4 Å². The molecule has 0 fully saturated rings. The molecule has 10 heteroatoms. The first kappa shape index (κ1) is 22.9. The number of carbonyl (C=O) groups excluding carboxylic acids is 2. The molecule has 164 valence electrons. The first-order valence-electron chi connectivity index (χ1n) is 9.75. The summed E-state index contributed by atoms with van der Waals surface area (Å²) in [6, 6.07) is 8.40. The van der Waals surface area contributed by atoms with Gasteiger partial charge in [-0.3, -0.25) is 19.0 Å². The lowest BCUT2D eigenvalue weighted by Gasteiger charge is -2.12. The molecule has 1 aromatic carbocycles. The van der Waals surface area contributed by atoms with Gasteiger partial charge in [-0.2, -0.15) is 0 Å². The van der Waals surface area contributed by atoms with Crippen molar-refractivity contribution in [3.63, 3.8) is 0 Å². The van der Waals surface area contributed by atoms with Gasteiger partial charge in [0.15, 0.2) is 5.16 Å². The van der Waals surface area contributed by atoms with Crippen molar-refractivity contribution < 1.29 is 18.7 Å². The zero-order valence-corrected chi connectivity index (χ0v) is 18.5. The van der Waals surface area contributed by atoms with Gasteiger partial charge < -0.3 is 14.5 Å². The molecule has 3 rings (SSSR count). The van der Waals surface area contributed by atoms with Crippen LogP contribution in [0.2, 0.25) is 5.02 Å². The number of fused-ring (bicyclic) bond motifs is 1. The Morgan fingerprint density at radius 3 is 2.90 bits per heavy atom. The fourth-order valence-electron chi connectivity index (χ4n) is 2.86. The van der Waals surface area contributed by atoms with E-state index in [1.54, 1.807) is 37.3 Å². The number of amides is 1. The van der Waals surface area contributed by atoms with Gasteiger partial charge in [0.05, 0.1) is 36.1 Å². The van der Waals surface area contributed by atoms with E-state index in [-0.39, 0.29) is 36.2 Å². The number of furan rings is 1. The van der Waals surface area contributed by atoms with Crippen molar-refractivity contribution in [2.45, 2.75) is 31.5 Å². The number of thioether (sulfide) groups is 1. The van der Waals surface area contributed by atoms with E-state index in [0.717, 1.165) is 11.8 Å². The summed E-state index contributed by atoms with van der Waals surface area (Å²) in [7, 11) is 0. The fraction of sp³-hybridized carbons (Fsp3) is 0.333. The third-order valence-electron chi connectivity index (χ3n) is 4.29. The van der Waals surface area contributed by atoms with Crippen LogP contribution in [-0.4, -0.2) is 40.3 Å². The highest BCUT2D eigenvalue weighted by molar-refractivity contribution is 7.99. The van der Waals surface area contributed by atoms with E-state index in [1.165, 1.54) is 10.8 Å². The van der Waals surface area contributed by atoms with Gasteiger partial charge in [-0.05, 0) is 43.7 Å². The zero-order chi connectivity index (χ0) is 22.2. The molecule has 0 atom stereocenters. The van der Waals surface area contributed by atoms with Crippen LogP contribution in [0.15, 0.2) is 51.0 Å². The number of ether oxygens (including phenoxy) is 1. The number of hydrogen-bond donors (Lipinski definition) is 1. The molecule has 0 saturated heterocycles. The molecule has 3 aromatic rings. The van der Waals surface area contributed by atoms with E-state index in [1.807, 2.05) is 0 Å². The maximum Gasteiger partial charge on any atom is 0.305 e. The van der Waals surface area contributed by atoms with E-state index >= 15 is 0 Å². The molecule has 0 aliphatic carbocycles. The van der Waals surface area contributed by atoms with Gasteiger partial charge in [-0.15, -0.1) is 0 Å². The monoisotopic (exact) mass is 463 g/mol. The molecule has 0 spiro atoms. The van der Waals surface area contributed by atoms with Crippen molar-refractivity contribution >= 4 is 46.1 Å². The van der Waals surface area contributed by atoms with Gasteiger partial charge >= 0.3 is 5.97 Å². The minimum Gasteiger partial charge on any atom is -0.467 e. The summed E-state index contributed by atoms with van der Waals surface area (Å²) in [5.74, 6) is 0.157. The van der Waals surface area contributed by atoms with Crippen molar-refractivity contribution in [3.8, 4) is 0 Å². The Hall–Kier alpha value is -2.78. The van der Waals surface area contributed by atoms with Crippen LogP contribution < -0.4 is 10.9 Å². The number of nitrogens with zero attached hydrogens (tertiary/aromatic N) is 2. The summed E-state index contributed by atoms with van der Waals surface area (Å²) < 4.78 is 11.7. The minimum absolute atomic E-state index is 0.0655. The van der Waals surface area contributed by atoms with Crippen molar-refractivity contribution in [1.29, 1.82) is 0 Å². The number of benzene rings is 1. The molecule has 0 radical (unpaired) electrons. The molecule has 2 heterocycles. The number of hydrogen-bond acceptors (Lipinski definition) is 7. The summed E-state index contributed by atoms with van der Waals surface area (Å²) in [6.07, 6.45) is 2.27. The molecule has 1 N–H and O–H groups in total. The van der Waals surface area contributed by atoms with Crippen molar-refractivity contribution in [2.24, 2.45) is 0 Å². The number of halogens is 1. The number of aromatic nitrogens is 2. The normalized spacial score (nSPS) is 10.9. The van der Waals surface area contributed by atoms with Crippen LogP contribution in [0.5, 0.6) is 0 Å². The molecular formula is C21H22ClN3O5S. The molecule has 8 nitrogen and oxygen atoms in total. The van der Waals surface area contributed by atoms with Gasteiger partial charge in [0.25, 0.3) is 5.56 Å². The lowest BCUT2D eigenvalue weighted by molar-refractivity contribution is -0.143. The average molecular weight is 464 g/mol. The summed E-state index contributed by atoms with van der Waals surface area (Å²) >= 11 is 7.20. The van der Waals surface area contributed by atoms with Gasteiger partial charge in [-0.1, -0.05) is 23.4 Å². The molecule has 0 aliphatic heterocycles. The van der Waals surface area contributed by atoms with Gasteiger partial charge in [0.2, 0.25) is 5.91 Å². The van der Waals surface area contributed by atoms with Gasteiger partial charge in [0.1, 0.15) is 5.76 Å². The van der Waals surface area contributed by atoms with Gasteiger partial charge in [0, 0.05) is 18.0 Å². The van der Waals surface area contributed by atoms with Gasteiger partial charge in [-0.25, -0.2) is 4.98 Å². The summed E-state index contributed by atoms with van der Waals surface area (Å²) in [6.45, 7) is 2.64. The number of esters is 1. The molecule has 31 heavy (non-hydrogen) atoms. The van der Waals surface area contributed by atoms with Crippen molar-refractivity contribution in [1.82, 2.24) is 14.9 Å². The topological polar surface area (TPSA) is 103 Å². The highest BCUT2D eigenvalue weighted by atomic mass is 35.5. The van der Waals surface area contributed by atoms with E-state index in [4.69, 9.17) is 20.8 Å². The van der Waals surface area contributed by atoms with E-state index < -0.39 is 0 Å². The van der Waals surface area contributed by atoms with E-state index in [0.29, 0.717) is 46.4 Å². The molecule has 0 bridgehead atoms. The Bertz CT molecular complexity index is 1110. The second-order valence-electron chi connectivity index (χ2n) is 6.57. The van der Waals surface area contributed by atoms with Crippen LogP contribution in [0.25, 0.3) is 10.9 Å². The molecule has 2 aromatic heterocycles. The second kappa shape index (κ2) is 11.0. The molecule has 0 aliphatic rings. The lowest BCUT2D eigenvalue weighted by atomic mass is 10.2. The smallest absolute Gasteiger partial charge is 0.305 e.